The number of carbonyl (C=O) groups is 1. The van der Waals surface area contributed by atoms with Crippen LogP contribution in [-0.4, -0.2) is 15.7 Å². The Morgan fingerprint density at radius 2 is 2.10 bits per heavy atom. The Morgan fingerprint density at radius 3 is 2.70 bits per heavy atom. The van der Waals surface area contributed by atoms with Gasteiger partial charge in [-0.15, -0.1) is 0 Å². The second-order valence-electron chi connectivity index (χ2n) is 5.01. The van der Waals surface area contributed by atoms with E-state index in [1.165, 1.54) is 4.68 Å². The SMILES string of the molecule is C=C(C)Cc1c(C)nn(C(=O)c2cccc(Br)c2)c1C. The van der Waals surface area contributed by atoms with Crippen molar-refractivity contribution in [1.82, 2.24) is 9.78 Å². The van der Waals surface area contributed by atoms with Crippen LogP contribution < -0.4 is 0 Å². The minimum Gasteiger partial charge on any atom is -0.267 e. The van der Waals surface area contributed by atoms with Gasteiger partial charge < -0.3 is 0 Å². The molecule has 0 unspecified atom stereocenters. The molecule has 0 radical (unpaired) electrons. The summed E-state index contributed by atoms with van der Waals surface area (Å²) < 4.78 is 2.36. The van der Waals surface area contributed by atoms with E-state index < -0.39 is 0 Å². The fraction of sp³-hybridized carbons (Fsp3) is 0.250. The molecule has 0 saturated heterocycles. The molecule has 20 heavy (non-hydrogen) atoms. The first kappa shape index (κ1) is 14.7. The predicted octanol–water partition coefficient (Wildman–Crippen LogP) is 4.07. The molecule has 4 heteroatoms. The van der Waals surface area contributed by atoms with Gasteiger partial charge in [-0.05, 0) is 45.4 Å². The highest BCUT2D eigenvalue weighted by Crippen LogP contribution is 2.19. The van der Waals surface area contributed by atoms with Gasteiger partial charge in [-0.1, -0.05) is 34.1 Å². The Balaban J connectivity index is 2.43. The lowest BCUT2D eigenvalue weighted by molar-refractivity contribution is 0.0942. The number of hydrogen-bond donors (Lipinski definition) is 0. The molecule has 104 valence electrons. The molecule has 3 nitrogen and oxygen atoms in total. The predicted molar refractivity (Wildman–Crippen MR) is 84.1 cm³/mol. The van der Waals surface area contributed by atoms with E-state index in [1.54, 1.807) is 12.1 Å². The Labute approximate surface area is 127 Å². The first-order valence-corrected chi connectivity index (χ1v) is 7.19. The molecular formula is C16H17BrN2O. The van der Waals surface area contributed by atoms with Gasteiger partial charge in [0.15, 0.2) is 0 Å². The Hall–Kier alpha value is -1.68. The zero-order valence-electron chi connectivity index (χ0n) is 11.9. The molecule has 2 rings (SSSR count). The fourth-order valence-corrected chi connectivity index (χ4v) is 2.57. The van der Waals surface area contributed by atoms with Crippen molar-refractivity contribution in [1.29, 1.82) is 0 Å². The summed E-state index contributed by atoms with van der Waals surface area (Å²) in [5.41, 5.74) is 4.53. The maximum Gasteiger partial charge on any atom is 0.278 e. The van der Waals surface area contributed by atoms with Crippen molar-refractivity contribution in [3.8, 4) is 0 Å². The van der Waals surface area contributed by atoms with Crippen LogP contribution in [0, 0.1) is 13.8 Å². The summed E-state index contributed by atoms with van der Waals surface area (Å²) in [4.78, 5) is 12.5. The summed E-state index contributed by atoms with van der Waals surface area (Å²) in [6.07, 6.45) is 0.753. The highest BCUT2D eigenvalue weighted by Gasteiger charge is 2.17. The molecule has 2 aromatic rings. The third-order valence-electron chi connectivity index (χ3n) is 3.18. The molecular weight excluding hydrogens is 316 g/mol. The van der Waals surface area contributed by atoms with E-state index in [2.05, 4.69) is 27.6 Å². The first-order valence-electron chi connectivity index (χ1n) is 6.40. The van der Waals surface area contributed by atoms with E-state index in [1.807, 2.05) is 32.9 Å². The van der Waals surface area contributed by atoms with E-state index in [-0.39, 0.29) is 5.91 Å². The second-order valence-corrected chi connectivity index (χ2v) is 5.93. The molecule has 0 aliphatic carbocycles. The lowest BCUT2D eigenvalue weighted by atomic mass is 10.1. The molecule has 0 aliphatic rings. The van der Waals surface area contributed by atoms with Gasteiger partial charge in [-0.25, -0.2) is 4.68 Å². The lowest BCUT2D eigenvalue weighted by Crippen LogP contribution is -2.15. The molecule has 0 aliphatic heterocycles. The van der Waals surface area contributed by atoms with Crippen molar-refractivity contribution in [3.63, 3.8) is 0 Å². The monoisotopic (exact) mass is 332 g/mol. The van der Waals surface area contributed by atoms with E-state index in [4.69, 9.17) is 0 Å². The number of halogens is 1. The van der Waals surface area contributed by atoms with Gasteiger partial charge in [-0.2, -0.15) is 5.10 Å². The van der Waals surface area contributed by atoms with Crippen molar-refractivity contribution in [3.05, 3.63) is 63.4 Å². The molecule has 0 bridgehead atoms. The number of aromatic nitrogens is 2. The molecule has 1 aromatic carbocycles. The zero-order chi connectivity index (χ0) is 14.9. The first-order chi connectivity index (χ1) is 9.40. The molecule has 1 aromatic heterocycles. The quantitative estimate of drug-likeness (QED) is 0.794. The van der Waals surface area contributed by atoms with E-state index in [9.17, 15) is 4.79 Å². The number of rotatable bonds is 3. The zero-order valence-corrected chi connectivity index (χ0v) is 13.5. The van der Waals surface area contributed by atoms with Crippen LogP contribution in [0.5, 0.6) is 0 Å². The van der Waals surface area contributed by atoms with Crippen LogP contribution in [0.15, 0.2) is 40.9 Å². The number of hydrogen-bond acceptors (Lipinski definition) is 2. The minimum atomic E-state index is -0.111. The van der Waals surface area contributed by atoms with Crippen molar-refractivity contribution in [2.45, 2.75) is 27.2 Å². The third-order valence-corrected chi connectivity index (χ3v) is 3.68. The molecule has 0 atom stereocenters. The van der Waals surface area contributed by atoms with Gasteiger partial charge in [0.05, 0.1) is 5.69 Å². The second kappa shape index (κ2) is 5.75. The number of benzene rings is 1. The molecule has 0 spiro atoms. The molecule has 0 N–H and O–H groups in total. The van der Waals surface area contributed by atoms with Crippen LogP contribution in [0.3, 0.4) is 0 Å². The van der Waals surface area contributed by atoms with Crippen LogP contribution in [0.4, 0.5) is 0 Å². The molecule has 0 fully saturated rings. The van der Waals surface area contributed by atoms with Crippen LogP contribution in [-0.2, 0) is 6.42 Å². The summed E-state index contributed by atoms with van der Waals surface area (Å²) in [6.45, 7) is 9.76. The summed E-state index contributed by atoms with van der Waals surface area (Å²) in [7, 11) is 0. The van der Waals surface area contributed by atoms with Gasteiger partial charge in [-0.3, -0.25) is 4.79 Å². The summed E-state index contributed by atoms with van der Waals surface area (Å²) in [6, 6.07) is 7.33. The normalized spacial score (nSPS) is 10.6. The summed E-state index contributed by atoms with van der Waals surface area (Å²) in [5.74, 6) is -0.111. The van der Waals surface area contributed by atoms with Crippen LogP contribution in [0.25, 0.3) is 0 Å². The minimum absolute atomic E-state index is 0.111. The number of aryl methyl sites for hydroxylation is 1. The Kier molecular flexibility index (Phi) is 4.23. The summed E-state index contributed by atoms with van der Waals surface area (Å²) >= 11 is 3.38. The third kappa shape index (κ3) is 2.90. The van der Waals surface area contributed by atoms with Crippen molar-refractivity contribution in [2.24, 2.45) is 0 Å². The number of carbonyl (C=O) groups excluding carboxylic acids is 1. The van der Waals surface area contributed by atoms with E-state index >= 15 is 0 Å². The smallest absolute Gasteiger partial charge is 0.267 e. The average Bonchev–Trinajstić information content (AvgIpc) is 2.65. The number of nitrogens with zero attached hydrogens (tertiary/aromatic N) is 2. The van der Waals surface area contributed by atoms with Gasteiger partial charge in [0.25, 0.3) is 5.91 Å². The van der Waals surface area contributed by atoms with Gasteiger partial charge in [0, 0.05) is 21.3 Å². The maximum absolute atomic E-state index is 12.5. The highest BCUT2D eigenvalue weighted by molar-refractivity contribution is 9.10. The van der Waals surface area contributed by atoms with Gasteiger partial charge in [0.1, 0.15) is 0 Å². The molecule has 0 amide bonds. The van der Waals surface area contributed by atoms with Gasteiger partial charge >= 0.3 is 0 Å². The largest absolute Gasteiger partial charge is 0.278 e. The number of allylic oxidation sites excluding steroid dienone is 1. The Morgan fingerprint density at radius 1 is 1.40 bits per heavy atom. The average molecular weight is 333 g/mol. The van der Waals surface area contributed by atoms with Crippen molar-refractivity contribution in [2.75, 3.05) is 0 Å². The lowest BCUT2D eigenvalue weighted by Gasteiger charge is -2.05. The van der Waals surface area contributed by atoms with Crippen LogP contribution in [0.1, 0.15) is 34.2 Å². The highest BCUT2D eigenvalue weighted by atomic mass is 79.9. The summed E-state index contributed by atoms with van der Waals surface area (Å²) in [5, 5.41) is 4.38. The topological polar surface area (TPSA) is 34.9 Å². The van der Waals surface area contributed by atoms with E-state index in [0.29, 0.717) is 5.56 Å². The van der Waals surface area contributed by atoms with Crippen molar-refractivity contribution < 1.29 is 4.79 Å². The molecule has 0 saturated carbocycles. The standard InChI is InChI=1S/C16H17BrN2O/c1-10(2)8-15-11(3)18-19(12(15)4)16(20)13-6-5-7-14(17)9-13/h5-7,9H,1,8H2,2-4H3. The van der Waals surface area contributed by atoms with Crippen molar-refractivity contribution >= 4 is 21.8 Å². The van der Waals surface area contributed by atoms with Crippen LogP contribution >= 0.6 is 15.9 Å². The molecule has 1 heterocycles. The van der Waals surface area contributed by atoms with Gasteiger partial charge in [0.2, 0.25) is 0 Å². The van der Waals surface area contributed by atoms with E-state index in [0.717, 1.165) is 33.4 Å². The maximum atomic E-state index is 12.5. The van der Waals surface area contributed by atoms with Crippen LogP contribution in [0.2, 0.25) is 0 Å². The fourth-order valence-electron chi connectivity index (χ4n) is 2.17. The Bertz CT molecular complexity index is 686.